The fraction of sp³-hybridized carbons (Fsp3) is 0.417. The SMILES string of the molecule is O=C(Nc1ccc(N2CCC[C@@H](CN3CCCC3)C2)c(C(=O)O)c1)c1ccc(Cl)cc1. The molecule has 7 heteroatoms. The van der Waals surface area contributed by atoms with E-state index in [1.807, 2.05) is 6.07 Å². The van der Waals surface area contributed by atoms with Gasteiger partial charge in [0.1, 0.15) is 0 Å². The van der Waals surface area contributed by atoms with Crippen molar-refractivity contribution >= 4 is 34.9 Å². The van der Waals surface area contributed by atoms with Gasteiger partial charge in [0.2, 0.25) is 0 Å². The molecule has 0 spiro atoms. The van der Waals surface area contributed by atoms with E-state index in [-0.39, 0.29) is 11.5 Å². The van der Waals surface area contributed by atoms with E-state index in [1.165, 1.54) is 32.4 Å². The van der Waals surface area contributed by atoms with Crippen molar-refractivity contribution in [1.29, 1.82) is 0 Å². The van der Waals surface area contributed by atoms with Crippen LogP contribution >= 0.6 is 11.6 Å². The van der Waals surface area contributed by atoms with Crippen molar-refractivity contribution in [2.75, 3.05) is 42.9 Å². The van der Waals surface area contributed by atoms with Crippen LogP contribution in [0.4, 0.5) is 11.4 Å². The Morgan fingerprint density at radius 1 is 1.03 bits per heavy atom. The van der Waals surface area contributed by atoms with E-state index in [0.29, 0.717) is 22.2 Å². The van der Waals surface area contributed by atoms with Gasteiger partial charge in [-0.2, -0.15) is 0 Å². The summed E-state index contributed by atoms with van der Waals surface area (Å²) in [6, 6.07) is 11.7. The molecule has 0 unspecified atom stereocenters. The number of benzene rings is 2. The minimum Gasteiger partial charge on any atom is -0.478 e. The molecular formula is C24H28ClN3O3. The van der Waals surface area contributed by atoms with E-state index in [1.54, 1.807) is 36.4 Å². The fourth-order valence-electron chi connectivity index (χ4n) is 4.63. The molecule has 2 fully saturated rings. The molecule has 1 amide bonds. The van der Waals surface area contributed by atoms with Crippen molar-refractivity contribution in [3.63, 3.8) is 0 Å². The molecule has 0 aliphatic carbocycles. The van der Waals surface area contributed by atoms with E-state index in [4.69, 9.17) is 11.6 Å². The fourth-order valence-corrected chi connectivity index (χ4v) is 4.75. The Labute approximate surface area is 187 Å². The molecule has 2 heterocycles. The highest BCUT2D eigenvalue weighted by atomic mass is 35.5. The van der Waals surface area contributed by atoms with Crippen LogP contribution in [0.15, 0.2) is 42.5 Å². The minimum atomic E-state index is -0.987. The number of rotatable bonds is 6. The topological polar surface area (TPSA) is 72.9 Å². The zero-order valence-corrected chi connectivity index (χ0v) is 18.3. The first-order valence-electron chi connectivity index (χ1n) is 10.9. The summed E-state index contributed by atoms with van der Waals surface area (Å²) in [6.45, 7) is 5.17. The van der Waals surface area contributed by atoms with Gasteiger partial charge < -0.3 is 20.2 Å². The molecule has 6 nitrogen and oxygen atoms in total. The van der Waals surface area contributed by atoms with Gasteiger partial charge in [-0.05, 0) is 87.2 Å². The average Bonchev–Trinajstić information content (AvgIpc) is 3.27. The lowest BCUT2D eigenvalue weighted by atomic mass is 9.96. The predicted molar refractivity (Wildman–Crippen MR) is 123 cm³/mol. The summed E-state index contributed by atoms with van der Waals surface area (Å²) in [5, 5.41) is 13.2. The Hall–Kier alpha value is -2.57. The Morgan fingerprint density at radius 3 is 2.48 bits per heavy atom. The zero-order chi connectivity index (χ0) is 21.8. The molecule has 2 N–H and O–H groups in total. The molecule has 31 heavy (non-hydrogen) atoms. The maximum Gasteiger partial charge on any atom is 0.337 e. The summed E-state index contributed by atoms with van der Waals surface area (Å²) >= 11 is 5.88. The predicted octanol–water partition coefficient (Wildman–Crippen LogP) is 4.60. The molecule has 4 rings (SSSR count). The first-order chi connectivity index (χ1) is 15.0. The monoisotopic (exact) mass is 441 g/mol. The van der Waals surface area contributed by atoms with Gasteiger partial charge >= 0.3 is 5.97 Å². The third-order valence-corrected chi connectivity index (χ3v) is 6.42. The van der Waals surface area contributed by atoms with Gasteiger partial charge in [0.05, 0.1) is 11.3 Å². The smallest absolute Gasteiger partial charge is 0.337 e. The number of piperidine rings is 1. The average molecular weight is 442 g/mol. The van der Waals surface area contributed by atoms with E-state index in [2.05, 4.69) is 15.1 Å². The van der Waals surface area contributed by atoms with Crippen molar-refractivity contribution in [3.8, 4) is 0 Å². The second-order valence-electron chi connectivity index (χ2n) is 8.46. The van der Waals surface area contributed by atoms with Gasteiger partial charge in [0.25, 0.3) is 5.91 Å². The van der Waals surface area contributed by atoms with Crippen LogP contribution < -0.4 is 10.2 Å². The number of anilines is 2. The van der Waals surface area contributed by atoms with Crippen LogP contribution in [0.1, 0.15) is 46.4 Å². The standard InChI is InChI=1S/C24H28ClN3O3/c25-19-7-5-18(6-8-19)23(29)26-20-9-10-22(21(14-20)24(30)31)28-13-3-4-17(16-28)15-27-11-1-2-12-27/h5-10,14,17H,1-4,11-13,15-16H2,(H,26,29)(H,30,31)/t17-/m0/s1. The van der Waals surface area contributed by atoms with E-state index in [9.17, 15) is 14.7 Å². The number of amides is 1. The number of carbonyl (C=O) groups is 2. The largest absolute Gasteiger partial charge is 0.478 e. The van der Waals surface area contributed by atoms with Crippen LogP contribution in [0.25, 0.3) is 0 Å². The molecule has 2 aromatic carbocycles. The first kappa shape index (κ1) is 21.7. The molecule has 2 aliphatic heterocycles. The Morgan fingerprint density at radius 2 is 1.77 bits per heavy atom. The summed E-state index contributed by atoms with van der Waals surface area (Å²) in [7, 11) is 0. The number of halogens is 1. The Bertz CT molecular complexity index is 942. The lowest BCUT2D eigenvalue weighted by Gasteiger charge is -2.36. The number of nitrogens with zero attached hydrogens (tertiary/aromatic N) is 2. The number of hydrogen-bond donors (Lipinski definition) is 2. The van der Waals surface area contributed by atoms with Crippen LogP contribution in [-0.2, 0) is 0 Å². The second-order valence-corrected chi connectivity index (χ2v) is 8.90. The molecule has 0 saturated carbocycles. The van der Waals surface area contributed by atoms with Gasteiger partial charge in [-0.1, -0.05) is 11.6 Å². The summed E-state index contributed by atoms with van der Waals surface area (Å²) in [6.07, 6.45) is 4.81. The van der Waals surface area contributed by atoms with E-state index < -0.39 is 5.97 Å². The number of hydrogen-bond acceptors (Lipinski definition) is 4. The van der Waals surface area contributed by atoms with Gasteiger partial charge in [-0.15, -0.1) is 0 Å². The maximum atomic E-state index is 12.5. The lowest BCUT2D eigenvalue weighted by molar-refractivity contribution is 0.0697. The molecular weight excluding hydrogens is 414 g/mol. The van der Waals surface area contributed by atoms with Crippen molar-refractivity contribution in [1.82, 2.24) is 4.90 Å². The highest BCUT2D eigenvalue weighted by Gasteiger charge is 2.26. The molecule has 2 aromatic rings. The van der Waals surface area contributed by atoms with Gasteiger partial charge in [-0.25, -0.2) is 4.79 Å². The number of aromatic carboxylic acids is 1. The Balaban J connectivity index is 1.48. The van der Waals surface area contributed by atoms with Crippen molar-refractivity contribution in [2.45, 2.75) is 25.7 Å². The second kappa shape index (κ2) is 9.71. The van der Waals surface area contributed by atoms with Crippen LogP contribution in [0.3, 0.4) is 0 Å². The van der Waals surface area contributed by atoms with Crippen molar-refractivity contribution in [3.05, 3.63) is 58.6 Å². The molecule has 2 saturated heterocycles. The first-order valence-corrected chi connectivity index (χ1v) is 11.3. The quantitative estimate of drug-likeness (QED) is 0.685. The molecule has 0 bridgehead atoms. The highest BCUT2D eigenvalue weighted by molar-refractivity contribution is 6.30. The zero-order valence-electron chi connectivity index (χ0n) is 17.5. The number of likely N-dealkylation sites (tertiary alicyclic amines) is 1. The maximum absolute atomic E-state index is 12.5. The summed E-state index contributed by atoms with van der Waals surface area (Å²) in [5.41, 5.74) is 1.87. The van der Waals surface area contributed by atoms with Gasteiger partial charge in [0, 0.05) is 35.9 Å². The molecule has 2 aliphatic rings. The molecule has 0 aromatic heterocycles. The number of carbonyl (C=O) groups excluding carboxylic acids is 1. The van der Waals surface area contributed by atoms with Crippen LogP contribution in [0, 0.1) is 5.92 Å². The lowest BCUT2D eigenvalue weighted by Crippen LogP contribution is -2.41. The van der Waals surface area contributed by atoms with Crippen molar-refractivity contribution in [2.24, 2.45) is 5.92 Å². The summed E-state index contributed by atoms with van der Waals surface area (Å²) in [4.78, 5) is 29.2. The van der Waals surface area contributed by atoms with Crippen LogP contribution in [0.2, 0.25) is 5.02 Å². The molecule has 1 atom stereocenters. The van der Waals surface area contributed by atoms with Crippen LogP contribution in [0.5, 0.6) is 0 Å². The number of nitrogens with one attached hydrogen (secondary N) is 1. The number of carboxylic acid groups (broad SMARTS) is 1. The Kier molecular flexibility index (Phi) is 6.78. The highest BCUT2D eigenvalue weighted by Crippen LogP contribution is 2.30. The summed E-state index contributed by atoms with van der Waals surface area (Å²) < 4.78 is 0. The van der Waals surface area contributed by atoms with Gasteiger partial charge in [-0.3, -0.25) is 4.79 Å². The number of carboxylic acids is 1. The van der Waals surface area contributed by atoms with Gasteiger partial charge in [0.15, 0.2) is 0 Å². The molecule has 0 radical (unpaired) electrons. The minimum absolute atomic E-state index is 0.218. The third kappa shape index (κ3) is 5.38. The summed E-state index contributed by atoms with van der Waals surface area (Å²) in [5.74, 6) is -0.735. The normalized spacial score (nSPS) is 19.4. The molecule has 164 valence electrons. The van der Waals surface area contributed by atoms with Crippen molar-refractivity contribution < 1.29 is 14.7 Å². The van der Waals surface area contributed by atoms with Crippen LogP contribution in [-0.4, -0.2) is 54.6 Å². The van der Waals surface area contributed by atoms with E-state index >= 15 is 0 Å². The third-order valence-electron chi connectivity index (χ3n) is 6.17. The van der Waals surface area contributed by atoms with E-state index in [0.717, 1.165) is 31.7 Å².